The minimum absolute atomic E-state index is 0.239. The predicted molar refractivity (Wildman–Crippen MR) is 107 cm³/mol. The highest BCUT2D eigenvalue weighted by atomic mass is 16.6. The van der Waals surface area contributed by atoms with Crippen LogP contribution in [-0.2, 0) is 11.3 Å². The quantitative estimate of drug-likeness (QED) is 0.781. The van der Waals surface area contributed by atoms with Crippen LogP contribution in [0.5, 0.6) is 0 Å². The van der Waals surface area contributed by atoms with E-state index in [0.717, 1.165) is 37.1 Å². The average molecular weight is 384 g/mol. The third-order valence-electron chi connectivity index (χ3n) is 4.65. The van der Waals surface area contributed by atoms with E-state index >= 15 is 0 Å². The van der Waals surface area contributed by atoms with Crippen LogP contribution in [0.4, 0.5) is 4.79 Å². The van der Waals surface area contributed by atoms with Gasteiger partial charge in [-0.3, -0.25) is 4.79 Å². The number of likely N-dealkylation sites (tertiary alicyclic amines) is 1. The van der Waals surface area contributed by atoms with Gasteiger partial charge in [-0.15, -0.1) is 0 Å². The van der Waals surface area contributed by atoms with Crippen molar-refractivity contribution in [2.24, 2.45) is 0 Å². The molecule has 1 N–H and O–H groups in total. The van der Waals surface area contributed by atoms with E-state index in [1.165, 1.54) is 0 Å². The van der Waals surface area contributed by atoms with Crippen molar-refractivity contribution in [1.29, 1.82) is 0 Å². The van der Waals surface area contributed by atoms with Crippen LogP contribution >= 0.6 is 0 Å². The molecule has 0 aliphatic carbocycles. The van der Waals surface area contributed by atoms with Gasteiger partial charge in [0.25, 0.3) is 0 Å². The van der Waals surface area contributed by atoms with E-state index in [1.54, 1.807) is 17.0 Å². The Morgan fingerprint density at radius 1 is 1.25 bits per heavy atom. The van der Waals surface area contributed by atoms with Gasteiger partial charge in [-0.1, -0.05) is 24.3 Å². The van der Waals surface area contributed by atoms with Gasteiger partial charge < -0.3 is 19.4 Å². The van der Waals surface area contributed by atoms with Gasteiger partial charge in [0.05, 0.1) is 0 Å². The molecule has 1 aromatic carbocycles. The van der Waals surface area contributed by atoms with Crippen LogP contribution in [0.15, 0.2) is 40.8 Å². The Hall–Kier alpha value is -2.60. The molecule has 6 nitrogen and oxygen atoms in total. The molecule has 1 saturated heterocycles. The van der Waals surface area contributed by atoms with Crippen molar-refractivity contribution in [3.63, 3.8) is 0 Å². The normalized spacial score (nSPS) is 17.4. The molecule has 0 radical (unpaired) electrons. The van der Waals surface area contributed by atoms with Gasteiger partial charge in [-0.25, -0.2) is 4.79 Å². The molecule has 1 aliphatic heterocycles. The van der Waals surface area contributed by atoms with E-state index in [2.05, 4.69) is 5.32 Å². The summed E-state index contributed by atoms with van der Waals surface area (Å²) in [6.45, 7) is 7.79. The fourth-order valence-corrected chi connectivity index (χ4v) is 3.26. The number of piperidine rings is 1. The van der Waals surface area contributed by atoms with Crippen molar-refractivity contribution in [1.82, 2.24) is 10.2 Å². The lowest BCUT2D eigenvalue weighted by Gasteiger charge is -2.34. The molecule has 0 spiro atoms. The zero-order chi connectivity index (χ0) is 20.1. The average Bonchev–Trinajstić information content (AvgIpc) is 3.15. The molecular weight excluding hydrogens is 356 g/mol. The monoisotopic (exact) mass is 384 g/mol. The van der Waals surface area contributed by atoms with E-state index in [9.17, 15) is 9.59 Å². The molecule has 1 amide bonds. The molecule has 150 valence electrons. The molecule has 1 aliphatic rings. The van der Waals surface area contributed by atoms with Gasteiger partial charge in [-0.2, -0.15) is 0 Å². The van der Waals surface area contributed by atoms with Crippen LogP contribution in [0.3, 0.4) is 0 Å². The summed E-state index contributed by atoms with van der Waals surface area (Å²) >= 11 is 0. The zero-order valence-electron chi connectivity index (χ0n) is 16.7. The summed E-state index contributed by atoms with van der Waals surface area (Å²) in [5.74, 6) is 1.01. The largest absolute Gasteiger partial charge is 0.453 e. The standard InChI is InChI=1S/C22H28N2O4/c1-22(2,3)28-21(26)24-12-4-5-18(14-24)23-13-16-6-8-17(9-7-16)20-11-10-19(15-25)27-20/h6-11,15,18,23H,4-5,12-14H2,1-3H3. The topological polar surface area (TPSA) is 71.8 Å². The number of carbonyl (C=O) groups excluding carboxylic acids is 2. The minimum Gasteiger partial charge on any atom is -0.453 e. The first kappa shape index (κ1) is 20.1. The molecule has 6 heteroatoms. The Balaban J connectivity index is 1.52. The number of hydrogen-bond acceptors (Lipinski definition) is 5. The van der Waals surface area contributed by atoms with Crippen LogP contribution in [0.1, 0.15) is 49.7 Å². The molecule has 1 aromatic heterocycles. The molecule has 3 rings (SSSR count). The first-order valence-electron chi connectivity index (χ1n) is 9.70. The van der Waals surface area contributed by atoms with E-state index in [1.807, 2.05) is 45.0 Å². The number of aldehydes is 1. The highest BCUT2D eigenvalue weighted by Crippen LogP contribution is 2.22. The van der Waals surface area contributed by atoms with E-state index < -0.39 is 5.60 Å². The van der Waals surface area contributed by atoms with Crippen LogP contribution < -0.4 is 5.32 Å². The smallest absolute Gasteiger partial charge is 0.410 e. The molecule has 1 unspecified atom stereocenters. The molecule has 1 atom stereocenters. The van der Waals surface area contributed by atoms with Crippen LogP contribution in [-0.4, -0.2) is 42.0 Å². The summed E-state index contributed by atoms with van der Waals surface area (Å²) in [6, 6.07) is 11.8. The highest BCUT2D eigenvalue weighted by molar-refractivity contribution is 5.72. The van der Waals surface area contributed by atoms with E-state index in [0.29, 0.717) is 24.4 Å². The van der Waals surface area contributed by atoms with Crippen molar-refractivity contribution in [3.8, 4) is 11.3 Å². The Morgan fingerprint density at radius 3 is 2.64 bits per heavy atom. The Morgan fingerprint density at radius 2 is 2.00 bits per heavy atom. The van der Waals surface area contributed by atoms with Gasteiger partial charge in [-0.05, 0) is 51.3 Å². The van der Waals surface area contributed by atoms with Gasteiger partial charge in [0.1, 0.15) is 11.4 Å². The number of hydrogen-bond donors (Lipinski definition) is 1. The summed E-state index contributed by atoms with van der Waals surface area (Å²) in [5.41, 5.74) is 1.62. The molecule has 28 heavy (non-hydrogen) atoms. The van der Waals surface area contributed by atoms with E-state index in [-0.39, 0.29) is 12.1 Å². The van der Waals surface area contributed by atoms with Crippen molar-refractivity contribution in [2.45, 2.75) is 51.8 Å². The Bertz CT molecular complexity index is 805. The molecule has 0 bridgehead atoms. The maximum atomic E-state index is 12.3. The maximum Gasteiger partial charge on any atom is 0.410 e. The second-order valence-corrected chi connectivity index (χ2v) is 8.16. The number of rotatable bonds is 5. The molecule has 2 aromatic rings. The molecule has 2 heterocycles. The highest BCUT2D eigenvalue weighted by Gasteiger charge is 2.27. The lowest BCUT2D eigenvalue weighted by Crippen LogP contribution is -2.49. The fraction of sp³-hybridized carbons (Fsp3) is 0.455. The fourth-order valence-electron chi connectivity index (χ4n) is 3.26. The second kappa shape index (κ2) is 8.61. The predicted octanol–water partition coefficient (Wildman–Crippen LogP) is 4.25. The summed E-state index contributed by atoms with van der Waals surface area (Å²) in [4.78, 5) is 24.8. The van der Waals surface area contributed by atoms with Crippen molar-refractivity contribution >= 4 is 12.4 Å². The Labute approximate surface area is 165 Å². The van der Waals surface area contributed by atoms with Crippen LogP contribution in [0, 0.1) is 0 Å². The maximum absolute atomic E-state index is 12.3. The third-order valence-corrected chi connectivity index (χ3v) is 4.65. The number of benzene rings is 1. The van der Waals surface area contributed by atoms with Crippen molar-refractivity contribution < 1.29 is 18.7 Å². The lowest BCUT2D eigenvalue weighted by atomic mass is 10.1. The number of furan rings is 1. The summed E-state index contributed by atoms with van der Waals surface area (Å²) in [6.07, 6.45) is 2.47. The summed E-state index contributed by atoms with van der Waals surface area (Å²) in [7, 11) is 0. The first-order valence-corrected chi connectivity index (χ1v) is 9.70. The van der Waals surface area contributed by atoms with Crippen LogP contribution in [0.25, 0.3) is 11.3 Å². The lowest BCUT2D eigenvalue weighted by molar-refractivity contribution is 0.0187. The van der Waals surface area contributed by atoms with Gasteiger partial charge >= 0.3 is 6.09 Å². The summed E-state index contributed by atoms with van der Waals surface area (Å²) < 4.78 is 10.9. The van der Waals surface area contributed by atoms with Gasteiger partial charge in [0.15, 0.2) is 12.0 Å². The minimum atomic E-state index is -0.473. The number of carbonyl (C=O) groups is 2. The third kappa shape index (κ3) is 5.45. The van der Waals surface area contributed by atoms with Crippen molar-refractivity contribution in [2.75, 3.05) is 13.1 Å². The van der Waals surface area contributed by atoms with Crippen molar-refractivity contribution in [3.05, 3.63) is 47.7 Å². The molecule has 0 saturated carbocycles. The van der Waals surface area contributed by atoms with E-state index in [4.69, 9.17) is 9.15 Å². The number of nitrogens with one attached hydrogen (secondary N) is 1. The summed E-state index contributed by atoms with van der Waals surface area (Å²) in [5, 5.41) is 3.54. The first-order chi connectivity index (χ1) is 13.3. The SMILES string of the molecule is CC(C)(C)OC(=O)N1CCCC(NCc2ccc(-c3ccc(C=O)o3)cc2)C1. The molecular formula is C22H28N2O4. The van der Waals surface area contributed by atoms with Crippen LogP contribution in [0.2, 0.25) is 0 Å². The number of amides is 1. The second-order valence-electron chi connectivity index (χ2n) is 8.16. The van der Waals surface area contributed by atoms with Gasteiger partial charge in [0.2, 0.25) is 0 Å². The molecule has 1 fully saturated rings. The van der Waals surface area contributed by atoms with Gasteiger partial charge in [0, 0.05) is 31.2 Å². The Kier molecular flexibility index (Phi) is 6.19. The number of ether oxygens (including phenoxy) is 1. The zero-order valence-corrected chi connectivity index (χ0v) is 16.7. The number of nitrogens with zero attached hydrogens (tertiary/aromatic N) is 1.